The maximum Gasteiger partial charge on any atom is 0.327 e. The van der Waals surface area contributed by atoms with Crippen molar-refractivity contribution in [2.24, 2.45) is 16.5 Å². The van der Waals surface area contributed by atoms with Crippen LogP contribution in [0.15, 0.2) is 35.3 Å². The van der Waals surface area contributed by atoms with Gasteiger partial charge in [-0.15, -0.1) is 11.8 Å². The third-order valence-electron chi connectivity index (χ3n) is 5.86. The molecule has 0 aliphatic carbocycles. The number of nitrogens with one attached hydrogen (secondary N) is 5. The quantitative estimate of drug-likeness (QED) is 0.0786. The van der Waals surface area contributed by atoms with Crippen molar-refractivity contribution in [1.29, 1.82) is 0 Å². The molecule has 43 heavy (non-hydrogen) atoms. The standard InChI is InChI=1S/C25H34N8O9S/c26-25(27)28-8-4-7-14-21(38)29-10-18(35)32-15(9-19(36)37)22(39)33-16(24(41)42)12-43-20(13-5-2-1-3-6-13)23(40)30-11-17(34)31-14/h1-3,5-6,14-16,20H,4,7-12H2,(H,29,38)(H,30,40)(H,31,34)(H,32,35)(H,33,39)(H,36,37)(H,41,42)(H4,26,27,28)/t14-,15-,16-,20?/m0/s1. The number of nitrogens with zero attached hydrogens (tertiary/aromatic N) is 1. The first kappa shape index (κ1) is 34.3. The number of carboxylic acids is 2. The van der Waals surface area contributed by atoms with E-state index < -0.39 is 84.4 Å². The molecule has 1 aliphatic heterocycles. The Labute approximate surface area is 250 Å². The van der Waals surface area contributed by atoms with Gasteiger partial charge in [0.1, 0.15) is 23.4 Å². The maximum atomic E-state index is 13.1. The first-order valence-electron chi connectivity index (χ1n) is 13.0. The molecule has 0 radical (unpaired) electrons. The molecule has 17 nitrogen and oxygen atoms in total. The molecule has 1 aromatic rings. The van der Waals surface area contributed by atoms with Crippen molar-refractivity contribution in [3.8, 4) is 0 Å². The Bertz CT molecular complexity index is 1230. The number of benzene rings is 1. The fraction of sp³-hybridized carbons (Fsp3) is 0.440. The summed E-state index contributed by atoms with van der Waals surface area (Å²) in [6.07, 6.45) is -0.580. The lowest BCUT2D eigenvalue weighted by atomic mass is 10.1. The molecule has 0 spiro atoms. The second-order valence-electron chi connectivity index (χ2n) is 9.25. The van der Waals surface area contributed by atoms with Gasteiger partial charge in [-0.3, -0.25) is 33.8 Å². The van der Waals surface area contributed by atoms with Gasteiger partial charge in [-0.2, -0.15) is 0 Å². The van der Waals surface area contributed by atoms with Crippen molar-refractivity contribution in [3.63, 3.8) is 0 Å². The Morgan fingerprint density at radius 2 is 1.47 bits per heavy atom. The molecule has 234 valence electrons. The van der Waals surface area contributed by atoms with E-state index in [1.165, 1.54) is 0 Å². The second kappa shape index (κ2) is 17.2. The zero-order chi connectivity index (χ0) is 31.9. The summed E-state index contributed by atoms with van der Waals surface area (Å²) in [6.45, 7) is -1.09. The minimum Gasteiger partial charge on any atom is -0.481 e. The van der Waals surface area contributed by atoms with Gasteiger partial charge in [-0.25, -0.2) is 4.79 Å². The minimum absolute atomic E-state index is 0.0486. The molecule has 18 heteroatoms. The minimum atomic E-state index is -1.68. The van der Waals surface area contributed by atoms with Crippen molar-refractivity contribution in [3.05, 3.63) is 35.9 Å². The predicted molar refractivity (Wildman–Crippen MR) is 153 cm³/mol. The Balaban J connectivity index is 2.36. The number of carbonyl (C=O) groups is 7. The lowest BCUT2D eigenvalue weighted by molar-refractivity contribution is -0.143. The topological polar surface area (TPSA) is 284 Å². The van der Waals surface area contributed by atoms with Crippen LogP contribution >= 0.6 is 11.8 Å². The smallest absolute Gasteiger partial charge is 0.327 e. The van der Waals surface area contributed by atoms with E-state index in [9.17, 15) is 43.8 Å². The zero-order valence-electron chi connectivity index (χ0n) is 22.9. The van der Waals surface area contributed by atoms with Gasteiger partial charge in [0.15, 0.2) is 5.96 Å². The van der Waals surface area contributed by atoms with Crippen LogP contribution in [0.2, 0.25) is 0 Å². The first-order valence-corrected chi connectivity index (χ1v) is 14.0. The fourth-order valence-electron chi connectivity index (χ4n) is 3.79. The molecular weight excluding hydrogens is 588 g/mol. The number of rotatable bonds is 8. The van der Waals surface area contributed by atoms with Crippen LogP contribution in [0.25, 0.3) is 0 Å². The Morgan fingerprint density at radius 1 is 0.860 bits per heavy atom. The number of carbonyl (C=O) groups excluding carboxylic acids is 5. The summed E-state index contributed by atoms with van der Waals surface area (Å²) in [5.74, 6) is -7.63. The van der Waals surface area contributed by atoms with Gasteiger partial charge < -0.3 is 48.3 Å². The number of nitrogens with two attached hydrogens (primary N) is 2. The summed E-state index contributed by atoms with van der Waals surface area (Å²) >= 11 is 0.858. The Hall–Kier alpha value is -4.87. The van der Waals surface area contributed by atoms with E-state index in [1.807, 2.05) is 0 Å². The maximum absolute atomic E-state index is 13.1. The first-order chi connectivity index (χ1) is 20.4. The summed E-state index contributed by atoms with van der Waals surface area (Å²) in [5.41, 5.74) is 11.1. The van der Waals surface area contributed by atoms with E-state index >= 15 is 0 Å². The Morgan fingerprint density at radius 3 is 2.05 bits per heavy atom. The summed E-state index contributed by atoms with van der Waals surface area (Å²) in [6, 6.07) is 3.82. The molecule has 1 heterocycles. The van der Waals surface area contributed by atoms with Crippen molar-refractivity contribution < 1.29 is 43.8 Å². The van der Waals surface area contributed by atoms with Crippen molar-refractivity contribution in [2.45, 2.75) is 42.6 Å². The van der Waals surface area contributed by atoms with Crippen LogP contribution < -0.4 is 38.1 Å². The van der Waals surface area contributed by atoms with E-state index in [-0.39, 0.29) is 31.1 Å². The number of hydrogen-bond acceptors (Lipinski definition) is 9. The molecular formula is C25H34N8O9S. The number of aliphatic imine (C=N–C) groups is 1. The van der Waals surface area contributed by atoms with Gasteiger partial charge in [-0.1, -0.05) is 30.3 Å². The zero-order valence-corrected chi connectivity index (χ0v) is 23.7. The molecule has 1 fully saturated rings. The van der Waals surface area contributed by atoms with Crippen LogP contribution in [-0.2, 0) is 33.6 Å². The number of aliphatic carboxylic acids is 2. The highest BCUT2D eigenvalue weighted by atomic mass is 32.2. The summed E-state index contributed by atoms with van der Waals surface area (Å²) < 4.78 is 0. The highest BCUT2D eigenvalue weighted by Gasteiger charge is 2.31. The largest absolute Gasteiger partial charge is 0.481 e. The number of hydrogen-bond donors (Lipinski definition) is 9. The third-order valence-corrected chi connectivity index (χ3v) is 7.20. The van der Waals surface area contributed by atoms with Gasteiger partial charge in [0, 0.05) is 12.3 Å². The van der Waals surface area contributed by atoms with E-state index in [1.54, 1.807) is 30.3 Å². The SMILES string of the molecule is NC(N)=NCCC[C@@H]1NC(=O)CNC(=O)C(c2ccccc2)SC[C@@H](C(=O)O)NC(=O)[C@H](CC(=O)O)NC(=O)CNC1=O. The molecule has 0 aromatic heterocycles. The van der Waals surface area contributed by atoms with E-state index in [2.05, 4.69) is 31.6 Å². The lowest BCUT2D eigenvalue weighted by Gasteiger charge is -2.23. The molecule has 1 saturated heterocycles. The van der Waals surface area contributed by atoms with Crippen LogP contribution in [0.4, 0.5) is 0 Å². The van der Waals surface area contributed by atoms with E-state index in [4.69, 9.17) is 11.5 Å². The highest BCUT2D eigenvalue weighted by molar-refractivity contribution is 8.00. The van der Waals surface area contributed by atoms with Crippen LogP contribution in [0, 0.1) is 0 Å². The molecule has 1 unspecified atom stereocenters. The van der Waals surface area contributed by atoms with Crippen LogP contribution in [0.3, 0.4) is 0 Å². The fourth-order valence-corrected chi connectivity index (χ4v) is 4.98. The molecule has 0 bridgehead atoms. The van der Waals surface area contributed by atoms with Crippen molar-refractivity contribution >= 4 is 59.2 Å². The van der Waals surface area contributed by atoms with Crippen LogP contribution in [0.5, 0.6) is 0 Å². The average Bonchev–Trinajstić information content (AvgIpc) is 2.95. The molecule has 11 N–H and O–H groups in total. The number of amides is 5. The van der Waals surface area contributed by atoms with E-state index in [0.29, 0.717) is 5.56 Å². The number of guanidine groups is 1. The monoisotopic (exact) mass is 622 g/mol. The van der Waals surface area contributed by atoms with Gasteiger partial charge in [0.25, 0.3) is 0 Å². The van der Waals surface area contributed by atoms with Crippen molar-refractivity contribution in [2.75, 3.05) is 25.4 Å². The molecule has 5 amide bonds. The number of carboxylic acid groups (broad SMARTS) is 2. The highest BCUT2D eigenvalue weighted by Crippen LogP contribution is 2.29. The Kier molecular flexibility index (Phi) is 13.7. The second-order valence-corrected chi connectivity index (χ2v) is 10.4. The third kappa shape index (κ3) is 12.3. The molecule has 1 aliphatic rings. The lowest BCUT2D eigenvalue weighted by Crippen LogP contribution is -2.55. The molecule has 4 atom stereocenters. The van der Waals surface area contributed by atoms with Gasteiger partial charge >= 0.3 is 11.9 Å². The van der Waals surface area contributed by atoms with Gasteiger partial charge in [0.05, 0.1) is 19.5 Å². The number of thioether (sulfide) groups is 1. The summed E-state index contributed by atoms with van der Waals surface area (Å²) in [5, 5.41) is 29.5. The van der Waals surface area contributed by atoms with Crippen LogP contribution in [-0.4, -0.2) is 101 Å². The van der Waals surface area contributed by atoms with Gasteiger partial charge in [-0.05, 0) is 18.4 Å². The molecule has 2 rings (SSSR count). The van der Waals surface area contributed by atoms with Gasteiger partial charge in [0.2, 0.25) is 29.5 Å². The average molecular weight is 623 g/mol. The predicted octanol–water partition coefficient (Wildman–Crippen LogP) is -3.23. The summed E-state index contributed by atoms with van der Waals surface area (Å²) in [4.78, 5) is 91.2. The van der Waals surface area contributed by atoms with E-state index in [0.717, 1.165) is 11.8 Å². The normalized spacial score (nSPS) is 22.7. The summed E-state index contributed by atoms with van der Waals surface area (Å²) in [7, 11) is 0. The molecule has 1 aromatic carbocycles. The van der Waals surface area contributed by atoms with Crippen LogP contribution in [0.1, 0.15) is 30.1 Å². The van der Waals surface area contributed by atoms with Crippen molar-refractivity contribution in [1.82, 2.24) is 26.6 Å². The molecule has 0 saturated carbocycles.